The molecular weight excluding hydrogens is 247 g/mol. The van der Waals surface area contributed by atoms with E-state index in [2.05, 4.69) is 9.97 Å². The van der Waals surface area contributed by atoms with Crippen LogP contribution < -0.4 is 4.74 Å². The van der Waals surface area contributed by atoms with Crippen molar-refractivity contribution >= 4 is 11.6 Å². The minimum Gasteiger partial charge on any atom is -0.434 e. The third-order valence-corrected chi connectivity index (χ3v) is 2.27. The monoisotopic (exact) mass is 254 g/mol. The zero-order chi connectivity index (χ0) is 12.3. The first kappa shape index (κ1) is 11.8. The molecule has 0 bridgehead atoms. The van der Waals surface area contributed by atoms with Crippen molar-refractivity contribution in [3.8, 4) is 11.6 Å². The van der Waals surface area contributed by atoms with Crippen LogP contribution in [0.4, 0.5) is 4.39 Å². The molecule has 1 aromatic heterocycles. The third kappa shape index (κ3) is 2.69. The lowest BCUT2D eigenvalue weighted by atomic mass is 10.3. The number of hydrogen-bond acceptors (Lipinski definition) is 4. The van der Waals surface area contributed by atoms with Gasteiger partial charge in [0.05, 0.1) is 29.7 Å². The van der Waals surface area contributed by atoms with E-state index in [0.717, 1.165) is 0 Å². The molecule has 1 N–H and O–H groups in total. The highest BCUT2D eigenvalue weighted by atomic mass is 35.5. The van der Waals surface area contributed by atoms with Gasteiger partial charge in [0.15, 0.2) is 11.6 Å². The van der Waals surface area contributed by atoms with Crippen LogP contribution in [0.15, 0.2) is 30.6 Å². The van der Waals surface area contributed by atoms with Crippen molar-refractivity contribution in [1.82, 2.24) is 9.97 Å². The molecular formula is C11H8ClFN2O2. The first-order valence-electron chi connectivity index (χ1n) is 4.74. The molecule has 88 valence electrons. The molecule has 2 aromatic rings. The van der Waals surface area contributed by atoms with Gasteiger partial charge in [0.2, 0.25) is 5.88 Å². The second-order valence-electron chi connectivity index (χ2n) is 3.16. The molecule has 2 rings (SSSR count). The zero-order valence-corrected chi connectivity index (χ0v) is 9.36. The summed E-state index contributed by atoms with van der Waals surface area (Å²) in [7, 11) is 0. The summed E-state index contributed by atoms with van der Waals surface area (Å²) in [5, 5.41) is 8.75. The second-order valence-corrected chi connectivity index (χ2v) is 3.57. The highest BCUT2D eigenvalue weighted by Gasteiger charge is 2.09. The summed E-state index contributed by atoms with van der Waals surface area (Å²) < 4.78 is 18.7. The molecule has 0 saturated heterocycles. The topological polar surface area (TPSA) is 55.2 Å². The van der Waals surface area contributed by atoms with Gasteiger partial charge in [-0.3, -0.25) is 4.98 Å². The number of aliphatic hydroxyl groups excluding tert-OH is 1. The van der Waals surface area contributed by atoms with Gasteiger partial charge in [0.1, 0.15) is 0 Å². The molecule has 17 heavy (non-hydrogen) atoms. The number of nitrogens with zero attached hydrogens (tertiary/aromatic N) is 2. The van der Waals surface area contributed by atoms with E-state index in [-0.39, 0.29) is 23.3 Å². The number of ether oxygens (including phenoxy) is 1. The van der Waals surface area contributed by atoms with E-state index in [1.165, 1.54) is 24.5 Å². The van der Waals surface area contributed by atoms with Gasteiger partial charge in [0, 0.05) is 0 Å². The Morgan fingerprint density at radius 3 is 2.76 bits per heavy atom. The van der Waals surface area contributed by atoms with Crippen LogP contribution in [0.5, 0.6) is 11.6 Å². The number of benzene rings is 1. The molecule has 0 unspecified atom stereocenters. The Hall–Kier alpha value is -1.72. The van der Waals surface area contributed by atoms with E-state index >= 15 is 0 Å². The molecule has 0 aliphatic rings. The van der Waals surface area contributed by atoms with Crippen LogP contribution in [0.1, 0.15) is 5.69 Å². The molecule has 1 aromatic carbocycles. The van der Waals surface area contributed by atoms with Gasteiger partial charge in [0.25, 0.3) is 0 Å². The Balaban J connectivity index is 2.22. The number of hydrogen-bond donors (Lipinski definition) is 1. The van der Waals surface area contributed by atoms with Crippen LogP contribution in [-0.2, 0) is 6.61 Å². The second kappa shape index (κ2) is 5.07. The van der Waals surface area contributed by atoms with Crippen molar-refractivity contribution in [3.05, 3.63) is 47.1 Å². The normalized spacial score (nSPS) is 10.3. The fourth-order valence-electron chi connectivity index (χ4n) is 1.15. The van der Waals surface area contributed by atoms with Crippen LogP contribution in [0.25, 0.3) is 0 Å². The fraction of sp³-hybridized carbons (Fsp3) is 0.0909. The van der Waals surface area contributed by atoms with Gasteiger partial charge in [-0.25, -0.2) is 9.37 Å². The number of halogens is 2. The smallest absolute Gasteiger partial charge is 0.237 e. The summed E-state index contributed by atoms with van der Waals surface area (Å²) >= 11 is 5.60. The maximum atomic E-state index is 13.5. The van der Waals surface area contributed by atoms with Crippen molar-refractivity contribution in [1.29, 1.82) is 0 Å². The van der Waals surface area contributed by atoms with Gasteiger partial charge in [-0.05, 0) is 12.1 Å². The van der Waals surface area contributed by atoms with Crippen LogP contribution >= 0.6 is 11.6 Å². The average Bonchev–Trinajstić information content (AvgIpc) is 2.36. The quantitative estimate of drug-likeness (QED) is 0.915. The zero-order valence-electron chi connectivity index (χ0n) is 8.60. The molecule has 0 atom stereocenters. The van der Waals surface area contributed by atoms with E-state index in [4.69, 9.17) is 21.4 Å². The molecule has 0 aliphatic carbocycles. The summed E-state index contributed by atoms with van der Waals surface area (Å²) in [6, 6.07) is 4.42. The molecule has 0 saturated carbocycles. The van der Waals surface area contributed by atoms with Crippen molar-refractivity contribution in [3.63, 3.8) is 0 Å². The predicted molar refractivity (Wildman–Crippen MR) is 59.4 cm³/mol. The molecule has 0 radical (unpaired) electrons. The van der Waals surface area contributed by atoms with E-state index < -0.39 is 5.82 Å². The Morgan fingerprint density at radius 1 is 1.29 bits per heavy atom. The van der Waals surface area contributed by atoms with Crippen LogP contribution in [-0.4, -0.2) is 15.1 Å². The summed E-state index contributed by atoms with van der Waals surface area (Å²) in [5.74, 6) is -0.547. The molecule has 0 amide bonds. The molecule has 0 fully saturated rings. The Bertz CT molecular complexity index is 519. The minimum atomic E-state index is -0.651. The lowest BCUT2D eigenvalue weighted by Crippen LogP contribution is -1.95. The molecule has 6 heteroatoms. The van der Waals surface area contributed by atoms with Crippen LogP contribution in [0.3, 0.4) is 0 Å². The van der Waals surface area contributed by atoms with E-state index in [0.29, 0.717) is 5.69 Å². The van der Waals surface area contributed by atoms with Gasteiger partial charge < -0.3 is 9.84 Å². The summed E-state index contributed by atoms with van der Waals surface area (Å²) in [6.07, 6.45) is 2.64. The van der Waals surface area contributed by atoms with Gasteiger partial charge in [-0.15, -0.1) is 0 Å². The van der Waals surface area contributed by atoms with E-state index in [1.54, 1.807) is 6.07 Å². The standard InChI is InChI=1S/C11H8ClFN2O2/c12-8-2-1-3-9(11(8)13)17-10-5-14-7(6-16)4-15-10/h1-5,16H,6H2. The van der Waals surface area contributed by atoms with Crippen molar-refractivity contribution in [2.24, 2.45) is 0 Å². The van der Waals surface area contributed by atoms with Crippen LogP contribution in [0.2, 0.25) is 5.02 Å². The van der Waals surface area contributed by atoms with E-state index in [1.807, 2.05) is 0 Å². The van der Waals surface area contributed by atoms with Crippen molar-refractivity contribution in [2.45, 2.75) is 6.61 Å². The van der Waals surface area contributed by atoms with Crippen LogP contribution in [0, 0.1) is 5.82 Å². The predicted octanol–water partition coefficient (Wildman–Crippen LogP) is 2.55. The van der Waals surface area contributed by atoms with Gasteiger partial charge in [-0.2, -0.15) is 0 Å². The Labute approximate surface area is 102 Å². The lowest BCUT2D eigenvalue weighted by molar-refractivity contribution is 0.275. The largest absolute Gasteiger partial charge is 0.434 e. The Kier molecular flexibility index (Phi) is 3.51. The number of aromatic nitrogens is 2. The van der Waals surface area contributed by atoms with Gasteiger partial charge in [-0.1, -0.05) is 17.7 Å². The lowest BCUT2D eigenvalue weighted by Gasteiger charge is -2.06. The number of rotatable bonds is 3. The average molecular weight is 255 g/mol. The van der Waals surface area contributed by atoms with Gasteiger partial charge >= 0.3 is 0 Å². The maximum Gasteiger partial charge on any atom is 0.237 e. The maximum absolute atomic E-state index is 13.5. The highest BCUT2D eigenvalue weighted by molar-refractivity contribution is 6.30. The van der Waals surface area contributed by atoms with Crippen molar-refractivity contribution in [2.75, 3.05) is 0 Å². The summed E-state index contributed by atoms with van der Waals surface area (Å²) in [4.78, 5) is 7.71. The molecule has 0 spiro atoms. The SMILES string of the molecule is OCc1cnc(Oc2cccc(Cl)c2F)cn1. The minimum absolute atomic E-state index is 0.0245. The molecule has 1 heterocycles. The highest BCUT2D eigenvalue weighted by Crippen LogP contribution is 2.27. The third-order valence-electron chi connectivity index (χ3n) is 1.97. The van der Waals surface area contributed by atoms with Crippen molar-refractivity contribution < 1.29 is 14.2 Å². The summed E-state index contributed by atoms with van der Waals surface area (Å²) in [6.45, 7) is -0.210. The first-order chi connectivity index (χ1) is 8.20. The molecule has 4 nitrogen and oxygen atoms in total. The summed E-state index contributed by atoms with van der Waals surface area (Å²) in [5.41, 5.74) is 0.406. The fourth-order valence-corrected chi connectivity index (χ4v) is 1.32. The number of aliphatic hydroxyl groups is 1. The van der Waals surface area contributed by atoms with E-state index in [9.17, 15) is 4.39 Å². The molecule has 0 aliphatic heterocycles. The first-order valence-corrected chi connectivity index (χ1v) is 5.12. The Morgan fingerprint density at radius 2 is 2.12 bits per heavy atom.